The molecule has 2 nitrogen and oxygen atoms in total. The highest BCUT2D eigenvalue weighted by molar-refractivity contribution is 7.98. The largest absolute Gasteiger partial charge is 0.494 e. The van der Waals surface area contributed by atoms with Gasteiger partial charge in [0.2, 0.25) is 0 Å². The Balaban J connectivity index is 2.37. The van der Waals surface area contributed by atoms with Crippen molar-refractivity contribution in [3.05, 3.63) is 29.3 Å². The molecule has 0 radical (unpaired) electrons. The summed E-state index contributed by atoms with van der Waals surface area (Å²) < 4.78 is 5.66. The van der Waals surface area contributed by atoms with Gasteiger partial charge in [0, 0.05) is 23.1 Å². The Labute approximate surface area is 95.4 Å². The maximum absolute atomic E-state index is 5.66. The number of ether oxygens (including phenoxy) is 1. The lowest BCUT2D eigenvalue weighted by Crippen LogP contribution is -2.23. The number of fused-ring (bicyclic) bond motifs is 1. The Hall–Kier alpha value is -0.670. The monoisotopic (exact) mass is 223 g/mol. The first-order valence-corrected chi connectivity index (χ1v) is 6.52. The van der Waals surface area contributed by atoms with Crippen LogP contribution in [0.15, 0.2) is 18.2 Å². The van der Waals surface area contributed by atoms with Crippen molar-refractivity contribution in [1.82, 2.24) is 5.32 Å². The van der Waals surface area contributed by atoms with Crippen LogP contribution in [0.4, 0.5) is 0 Å². The molecule has 0 saturated carbocycles. The van der Waals surface area contributed by atoms with Crippen molar-refractivity contribution in [1.29, 1.82) is 0 Å². The van der Waals surface area contributed by atoms with Gasteiger partial charge in [-0.2, -0.15) is 11.8 Å². The predicted molar refractivity (Wildman–Crippen MR) is 65.6 cm³/mol. The fraction of sp³-hybridized carbons (Fsp3) is 0.500. The molecule has 0 bridgehead atoms. The Bertz CT molecular complexity index is 340. The van der Waals surface area contributed by atoms with Crippen molar-refractivity contribution in [3.63, 3.8) is 0 Å². The van der Waals surface area contributed by atoms with Crippen LogP contribution < -0.4 is 10.1 Å². The van der Waals surface area contributed by atoms with Crippen LogP contribution in [-0.2, 0) is 5.75 Å². The maximum atomic E-state index is 5.66. The molecule has 1 aromatic carbocycles. The molecule has 2 rings (SSSR count). The fourth-order valence-corrected chi connectivity index (χ4v) is 3.17. The minimum atomic E-state index is 0.471. The van der Waals surface area contributed by atoms with Gasteiger partial charge < -0.3 is 10.1 Å². The minimum Gasteiger partial charge on any atom is -0.494 e. The van der Waals surface area contributed by atoms with Gasteiger partial charge in [0.15, 0.2) is 0 Å². The molecule has 0 fully saturated rings. The van der Waals surface area contributed by atoms with Crippen molar-refractivity contribution in [2.24, 2.45) is 0 Å². The summed E-state index contributed by atoms with van der Waals surface area (Å²) in [5.41, 5.74) is 2.78. The molecule has 1 aliphatic heterocycles. The molecule has 82 valence electrons. The molecule has 0 spiro atoms. The summed E-state index contributed by atoms with van der Waals surface area (Å²) in [6.07, 6.45) is 0. The predicted octanol–water partition coefficient (Wildman–Crippen LogP) is 2.59. The highest BCUT2D eigenvalue weighted by Crippen LogP contribution is 2.36. The number of rotatable bonds is 3. The molecule has 3 heteroatoms. The molecule has 0 amide bonds. The smallest absolute Gasteiger partial charge is 0.123 e. The molecular formula is C12H17NOS. The average molecular weight is 223 g/mol. The second kappa shape index (κ2) is 4.90. The van der Waals surface area contributed by atoms with Crippen LogP contribution in [0.5, 0.6) is 5.75 Å². The molecule has 1 unspecified atom stereocenters. The molecule has 0 aliphatic carbocycles. The molecule has 1 atom stereocenters. The summed E-state index contributed by atoms with van der Waals surface area (Å²) in [6, 6.07) is 6.84. The highest BCUT2D eigenvalue weighted by atomic mass is 32.2. The summed E-state index contributed by atoms with van der Waals surface area (Å²) in [6.45, 7) is 2.77. The Morgan fingerprint density at radius 3 is 3.13 bits per heavy atom. The number of hydrogen-bond acceptors (Lipinski definition) is 3. The molecular weight excluding hydrogens is 206 g/mol. The van der Waals surface area contributed by atoms with E-state index in [4.69, 9.17) is 4.74 Å². The Morgan fingerprint density at radius 2 is 2.40 bits per heavy atom. The van der Waals surface area contributed by atoms with E-state index < -0.39 is 0 Å². The second-order valence-corrected chi connectivity index (χ2v) is 4.64. The SMILES string of the molecule is CCOc1cccc2c1CSCC2NC. The first-order valence-electron chi connectivity index (χ1n) is 5.36. The standard InChI is InChI=1S/C12H17NOS/c1-3-14-12-6-4-5-9-10(12)7-15-8-11(9)13-2/h4-6,11,13H,3,7-8H2,1-2H3. The second-order valence-electron chi connectivity index (χ2n) is 3.61. The Morgan fingerprint density at radius 1 is 1.53 bits per heavy atom. The van der Waals surface area contributed by atoms with E-state index in [1.807, 2.05) is 25.7 Å². The first-order chi connectivity index (χ1) is 7.36. The molecule has 1 aromatic rings. The lowest BCUT2D eigenvalue weighted by atomic mass is 10.0. The number of hydrogen-bond donors (Lipinski definition) is 1. The summed E-state index contributed by atoms with van der Waals surface area (Å²) in [5, 5.41) is 3.35. The summed E-state index contributed by atoms with van der Waals surface area (Å²) >= 11 is 1.97. The van der Waals surface area contributed by atoms with Crippen LogP contribution in [-0.4, -0.2) is 19.4 Å². The van der Waals surface area contributed by atoms with Gasteiger partial charge in [-0.25, -0.2) is 0 Å². The maximum Gasteiger partial charge on any atom is 0.123 e. The average Bonchev–Trinajstić information content (AvgIpc) is 2.29. The zero-order valence-electron chi connectivity index (χ0n) is 9.25. The van der Waals surface area contributed by atoms with E-state index in [0.29, 0.717) is 6.04 Å². The van der Waals surface area contributed by atoms with E-state index in [-0.39, 0.29) is 0 Å². The van der Waals surface area contributed by atoms with Gasteiger partial charge in [0.25, 0.3) is 0 Å². The number of benzene rings is 1. The van der Waals surface area contributed by atoms with Gasteiger partial charge in [-0.15, -0.1) is 0 Å². The van der Waals surface area contributed by atoms with Crippen LogP contribution in [0.25, 0.3) is 0 Å². The molecule has 1 N–H and O–H groups in total. The van der Waals surface area contributed by atoms with E-state index in [0.717, 1.165) is 23.9 Å². The number of nitrogens with one attached hydrogen (secondary N) is 1. The van der Waals surface area contributed by atoms with Gasteiger partial charge in [-0.05, 0) is 25.6 Å². The quantitative estimate of drug-likeness (QED) is 0.851. The highest BCUT2D eigenvalue weighted by Gasteiger charge is 2.21. The van der Waals surface area contributed by atoms with Crippen LogP contribution >= 0.6 is 11.8 Å². The zero-order valence-corrected chi connectivity index (χ0v) is 10.1. The van der Waals surface area contributed by atoms with Gasteiger partial charge in [-0.3, -0.25) is 0 Å². The third-order valence-corrected chi connectivity index (χ3v) is 3.79. The molecule has 0 aromatic heterocycles. The molecule has 1 heterocycles. The summed E-state index contributed by atoms with van der Waals surface area (Å²) in [5.74, 6) is 3.28. The number of thioether (sulfide) groups is 1. The van der Waals surface area contributed by atoms with E-state index >= 15 is 0 Å². The molecule has 0 saturated heterocycles. The van der Waals surface area contributed by atoms with Crippen molar-refractivity contribution < 1.29 is 4.74 Å². The van der Waals surface area contributed by atoms with Crippen molar-refractivity contribution in [2.45, 2.75) is 18.7 Å². The van der Waals surface area contributed by atoms with Crippen molar-refractivity contribution >= 4 is 11.8 Å². The normalized spacial score (nSPS) is 19.7. The lowest BCUT2D eigenvalue weighted by Gasteiger charge is -2.26. The van der Waals surface area contributed by atoms with Crippen LogP contribution in [0.3, 0.4) is 0 Å². The van der Waals surface area contributed by atoms with Gasteiger partial charge >= 0.3 is 0 Å². The van der Waals surface area contributed by atoms with Crippen LogP contribution in [0.1, 0.15) is 24.1 Å². The third kappa shape index (κ3) is 2.13. The van der Waals surface area contributed by atoms with Crippen molar-refractivity contribution in [3.8, 4) is 5.75 Å². The fourth-order valence-electron chi connectivity index (χ4n) is 1.96. The zero-order chi connectivity index (χ0) is 10.7. The van der Waals surface area contributed by atoms with Crippen molar-refractivity contribution in [2.75, 3.05) is 19.4 Å². The van der Waals surface area contributed by atoms with E-state index in [1.165, 1.54) is 11.1 Å². The van der Waals surface area contributed by atoms with Gasteiger partial charge in [-0.1, -0.05) is 12.1 Å². The third-order valence-electron chi connectivity index (χ3n) is 2.72. The summed E-state index contributed by atoms with van der Waals surface area (Å²) in [4.78, 5) is 0. The van der Waals surface area contributed by atoms with Crippen LogP contribution in [0, 0.1) is 0 Å². The first kappa shape index (κ1) is 10.8. The Kier molecular flexibility index (Phi) is 3.54. The molecule has 1 aliphatic rings. The van der Waals surface area contributed by atoms with Gasteiger partial charge in [0.05, 0.1) is 6.61 Å². The van der Waals surface area contributed by atoms with Crippen LogP contribution in [0.2, 0.25) is 0 Å². The van der Waals surface area contributed by atoms with E-state index in [2.05, 4.69) is 23.5 Å². The molecule has 15 heavy (non-hydrogen) atoms. The van der Waals surface area contributed by atoms with E-state index in [1.54, 1.807) is 0 Å². The van der Waals surface area contributed by atoms with Gasteiger partial charge in [0.1, 0.15) is 5.75 Å². The summed E-state index contributed by atoms with van der Waals surface area (Å²) in [7, 11) is 2.02. The minimum absolute atomic E-state index is 0.471. The topological polar surface area (TPSA) is 21.3 Å². The van der Waals surface area contributed by atoms with E-state index in [9.17, 15) is 0 Å². The lowest BCUT2D eigenvalue weighted by molar-refractivity contribution is 0.336.